The number of hydrogen-bond acceptors (Lipinski definition) is 8. The second-order valence-corrected chi connectivity index (χ2v) is 9.83. The Morgan fingerprint density at radius 3 is 2.74 bits per heavy atom. The number of carbonyl (C=O) groups is 1. The standard InChI is InChI=1S/C27H33F2N5O5/c1-17(2)23-32-26(39-33-23)34-11-3-9-27(28,29)16-19-15-18(5-8-22(19)38-14-4-12-34)21-7-6-20(25(37)31-21)24(36)30-10-13-35/h5-8,15,17,35H,3-4,9-14,16H2,1-2H3,(H,30,36)(H,31,37). The highest BCUT2D eigenvalue weighted by molar-refractivity contribution is 5.94. The van der Waals surface area contributed by atoms with Crippen LogP contribution in [0.4, 0.5) is 14.8 Å². The number of halogens is 2. The number of aromatic amines is 1. The molecule has 1 amide bonds. The first-order valence-electron chi connectivity index (χ1n) is 13.0. The van der Waals surface area contributed by atoms with E-state index in [0.29, 0.717) is 60.5 Å². The molecule has 3 N–H and O–H groups in total. The number of amides is 1. The van der Waals surface area contributed by atoms with Gasteiger partial charge in [0.25, 0.3) is 17.4 Å². The van der Waals surface area contributed by atoms with E-state index in [4.69, 9.17) is 14.4 Å². The van der Waals surface area contributed by atoms with Gasteiger partial charge in [-0.05, 0) is 48.7 Å². The molecular weight excluding hydrogens is 512 g/mol. The first kappa shape index (κ1) is 28.2. The van der Waals surface area contributed by atoms with Crippen LogP contribution in [-0.2, 0) is 6.42 Å². The topological polar surface area (TPSA) is 134 Å². The van der Waals surface area contributed by atoms with Crippen LogP contribution in [0.15, 0.2) is 39.6 Å². The minimum atomic E-state index is -3.00. The van der Waals surface area contributed by atoms with Gasteiger partial charge in [0.05, 0.1) is 13.2 Å². The van der Waals surface area contributed by atoms with Gasteiger partial charge in [-0.25, -0.2) is 8.78 Å². The number of nitrogens with one attached hydrogen (secondary N) is 2. The summed E-state index contributed by atoms with van der Waals surface area (Å²) in [7, 11) is 0. The highest BCUT2D eigenvalue weighted by atomic mass is 19.3. The number of aliphatic hydroxyl groups is 1. The second kappa shape index (κ2) is 12.4. The molecule has 0 atom stereocenters. The SMILES string of the molecule is CC(C)c1noc(N2CCCOc3ccc(-c4ccc(C(=O)NCCO)c(=O)[nH]4)cc3CC(F)(F)CCC2)n1. The lowest BCUT2D eigenvalue weighted by atomic mass is 9.98. The Morgan fingerprint density at radius 1 is 1.23 bits per heavy atom. The summed E-state index contributed by atoms with van der Waals surface area (Å²) in [6.07, 6.45) is -0.0214. The average molecular weight is 546 g/mol. The third kappa shape index (κ3) is 7.20. The molecule has 0 radical (unpaired) electrons. The van der Waals surface area contributed by atoms with E-state index >= 15 is 8.78 Å². The molecule has 0 fully saturated rings. The lowest BCUT2D eigenvalue weighted by molar-refractivity contribution is -0.00923. The fraction of sp³-hybridized carbons (Fsp3) is 0.481. The van der Waals surface area contributed by atoms with Crippen LogP contribution < -0.4 is 20.5 Å². The van der Waals surface area contributed by atoms with Gasteiger partial charge >= 0.3 is 6.01 Å². The van der Waals surface area contributed by atoms with Gasteiger partial charge in [-0.3, -0.25) is 9.59 Å². The molecule has 0 unspecified atom stereocenters. The number of hydrogen-bond donors (Lipinski definition) is 3. The maximum Gasteiger partial charge on any atom is 0.324 e. The van der Waals surface area contributed by atoms with Crippen molar-refractivity contribution in [1.29, 1.82) is 0 Å². The zero-order valence-corrected chi connectivity index (χ0v) is 22.0. The normalized spacial score (nSPS) is 16.1. The van der Waals surface area contributed by atoms with Crippen molar-refractivity contribution < 1.29 is 27.9 Å². The summed E-state index contributed by atoms with van der Waals surface area (Å²) in [6.45, 7) is 4.84. The average Bonchev–Trinajstić information content (AvgIpc) is 3.39. The van der Waals surface area contributed by atoms with Gasteiger partial charge < -0.3 is 29.6 Å². The van der Waals surface area contributed by atoms with Crippen molar-refractivity contribution >= 4 is 11.9 Å². The number of rotatable bonds is 6. The van der Waals surface area contributed by atoms with Gasteiger partial charge in [0, 0.05) is 49.7 Å². The van der Waals surface area contributed by atoms with Gasteiger partial charge in [-0.15, -0.1) is 0 Å². The molecule has 1 aliphatic heterocycles. The van der Waals surface area contributed by atoms with Crippen molar-refractivity contribution in [2.75, 3.05) is 37.7 Å². The number of ether oxygens (including phenoxy) is 1. The number of benzene rings is 1. The molecule has 39 heavy (non-hydrogen) atoms. The summed E-state index contributed by atoms with van der Waals surface area (Å²) in [5, 5.41) is 15.3. The van der Waals surface area contributed by atoms with E-state index in [-0.39, 0.29) is 37.5 Å². The second-order valence-electron chi connectivity index (χ2n) is 9.83. The Kier molecular flexibility index (Phi) is 8.95. The van der Waals surface area contributed by atoms with E-state index in [2.05, 4.69) is 20.4 Å². The number of nitrogens with zero attached hydrogens (tertiary/aromatic N) is 3. The van der Waals surface area contributed by atoms with E-state index in [1.807, 2.05) is 18.7 Å². The zero-order valence-electron chi connectivity index (χ0n) is 22.0. The third-order valence-corrected chi connectivity index (χ3v) is 6.39. The van der Waals surface area contributed by atoms with E-state index < -0.39 is 23.8 Å². The molecule has 0 spiro atoms. The van der Waals surface area contributed by atoms with Gasteiger partial charge in [0.2, 0.25) is 0 Å². The Hall–Kier alpha value is -3.80. The zero-order chi connectivity index (χ0) is 28.0. The highest BCUT2D eigenvalue weighted by Crippen LogP contribution is 2.33. The number of aliphatic hydroxyl groups excluding tert-OH is 1. The molecule has 0 bridgehead atoms. The van der Waals surface area contributed by atoms with Crippen molar-refractivity contribution in [1.82, 2.24) is 20.4 Å². The molecule has 10 nitrogen and oxygen atoms in total. The maximum atomic E-state index is 15.1. The van der Waals surface area contributed by atoms with Crippen LogP contribution in [0.2, 0.25) is 0 Å². The van der Waals surface area contributed by atoms with Crippen LogP contribution in [0, 0.1) is 0 Å². The fourth-order valence-electron chi connectivity index (χ4n) is 4.34. The lowest BCUT2D eigenvalue weighted by Gasteiger charge is -2.24. The molecule has 3 heterocycles. The fourth-order valence-corrected chi connectivity index (χ4v) is 4.34. The van der Waals surface area contributed by atoms with E-state index in [1.54, 1.807) is 24.3 Å². The van der Waals surface area contributed by atoms with Crippen molar-refractivity contribution in [2.45, 2.75) is 51.4 Å². The Morgan fingerprint density at radius 2 is 2.03 bits per heavy atom. The van der Waals surface area contributed by atoms with E-state index in [9.17, 15) is 9.59 Å². The molecule has 0 aliphatic carbocycles. The predicted molar refractivity (Wildman–Crippen MR) is 141 cm³/mol. The van der Waals surface area contributed by atoms with E-state index in [1.165, 1.54) is 6.07 Å². The molecule has 3 aromatic rings. The molecule has 4 rings (SSSR count). The number of anilines is 1. The summed E-state index contributed by atoms with van der Waals surface area (Å²) < 4.78 is 41.5. The van der Waals surface area contributed by atoms with Crippen molar-refractivity contribution in [2.24, 2.45) is 0 Å². The number of pyridine rings is 1. The monoisotopic (exact) mass is 545 g/mol. The van der Waals surface area contributed by atoms with Crippen LogP contribution >= 0.6 is 0 Å². The van der Waals surface area contributed by atoms with Gasteiger partial charge in [-0.1, -0.05) is 19.0 Å². The van der Waals surface area contributed by atoms with Crippen LogP contribution in [0.1, 0.15) is 60.8 Å². The van der Waals surface area contributed by atoms with Gasteiger partial charge in [0.15, 0.2) is 5.82 Å². The van der Waals surface area contributed by atoms with Crippen LogP contribution in [-0.4, -0.2) is 64.9 Å². The lowest BCUT2D eigenvalue weighted by Crippen LogP contribution is -2.31. The Bertz CT molecular complexity index is 1340. The van der Waals surface area contributed by atoms with Crippen molar-refractivity contribution in [3.8, 4) is 17.0 Å². The first-order valence-corrected chi connectivity index (χ1v) is 13.0. The first-order chi connectivity index (χ1) is 18.7. The molecular formula is C27H33F2N5O5. The molecule has 0 saturated heterocycles. The Balaban J connectivity index is 1.53. The molecule has 12 heteroatoms. The van der Waals surface area contributed by atoms with E-state index in [0.717, 1.165) is 0 Å². The highest BCUT2D eigenvalue weighted by Gasteiger charge is 2.31. The van der Waals surface area contributed by atoms with Crippen LogP contribution in [0.3, 0.4) is 0 Å². The number of aromatic nitrogens is 3. The Labute approximate surface area is 224 Å². The van der Waals surface area contributed by atoms with Gasteiger partial charge in [0.1, 0.15) is 11.3 Å². The molecule has 2 aromatic heterocycles. The number of fused-ring (bicyclic) bond motifs is 1. The number of carbonyl (C=O) groups excluding carboxylic acids is 1. The molecule has 0 saturated carbocycles. The summed E-state index contributed by atoms with van der Waals surface area (Å²) >= 11 is 0. The summed E-state index contributed by atoms with van der Waals surface area (Å²) in [4.78, 5) is 33.5. The van der Waals surface area contributed by atoms with Gasteiger partial charge in [-0.2, -0.15) is 4.98 Å². The minimum absolute atomic E-state index is 0.0209. The smallest absolute Gasteiger partial charge is 0.324 e. The summed E-state index contributed by atoms with van der Waals surface area (Å²) in [5.74, 6) is -2.59. The largest absolute Gasteiger partial charge is 0.493 e. The summed E-state index contributed by atoms with van der Waals surface area (Å²) in [5.41, 5.74) is 0.501. The van der Waals surface area contributed by atoms with Crippen LogP contribution in [0.25, 0.3) is 11.3 Å². The number of H-pyrrole nitrogens is 1. The quantitative estimate of drug-likeness (QED) is 0.429. The minimum Gasteiger partial charge on any atom is -0.493 e. The summed E-state index contributed by atoms with van der Waals surface area (Å²) in [6, 6.07) is 8.13. The van der Waals surface area contributed by atoms with Crippen LogP contribution in [0.5, 0.6) is 5.75 Å². The maximum absolute atomic E-state index is 15.1. The third-order valence-electron chi connectivity index (χ3n) is 6.39. The van der Waals surface area contributed by atoms with Crippen molar-refractivity contribution in [3.05, 3.63) is 57.6 Å². The number of alkyl halides is 2. The molecule has 210 valence electrons. The molecule has 1 aromatic carbocycles. The molecule has 1 aliphatic rings. The van der Waals surface area contributed by atoms with Crippen molar-refractivity contribution in [3.63, 3.8) is 0 Å². The predicted octanol–water partition coefficient (Wildman–Crippen LogP) is 3.52.